The maximum atomic E-state index is 11.0. The first-order valence-electron chi connectivity index (χ1n) is 5.49. The molecule has 5 nitrogen and oxygen atoms in total. The van der Waals surface area contributed by atoms with Crippen molar-refractivity contribution in [1.29, 1.82) is 0 Å². The van der Waals surface area contributed by atoms with Gasteiger partial charge in [-0.3, -0.25) is 4.68 Å². The van der Waals surface area contributed by atoms with Gasteiger partial charge in [0.15, 0.2) is 0 Å². The summed E-state index contributed by atoms with van der Waals surface area (Å²) in [7, 11) is 0. The zero-order valence-electron chi connectivity index (χ0n) is 10.1. The minimum absolute atomic E-state index is 0.0556. The second kappa shape index (κ2) is 3.81. The standard InChI is InChI=1S/C11H17N3O2/c1-6(2)14-8(4)10(7(3)13-14)9-5-16-11(15)12-9/h6,9H,5H2,1-4H3,(H,12,15). The third kappa shape index (κ3) is 1.66. The fraction of sp³-hybridized carbons (Fsp3) is 0.636. The van der Waals surface area contributed by atoms with Crippen molar-refractivity contribution in [2.75, 3.05) is 6.61 Å². The maximum Gasteiger partial charge on any atom is 0.407 e. The fourth-order valence-electron chi connectivity index (χ4n) is 2.22. The predicted octanol–water partition coefficient (Wildman–Crippen LogP) is 1.86. The molecule has 1 aromatic heterocycles. The second-order valence-electron chi connectivity index (χ2n) is 4.42. The van der Waals surface area contributed by atoms with Crippen LogP contribution < -0.4 is 5.32 Å². The Morgan fingerprint density at radius 2 is 2.19 bits per heavy atom. The first-order chi connectivity index (χ1) is 7.50. The Hall–Kier alpha value is -1.52. The third-order valence-corrected chi connectivity index (χ3v) is 2.89. The molecule has 2 heterocycles. The number of alkyl carbamates (subject to hydrolysis) is 1. The molecule has 1 unspecified atom stereocenters. The van der Waals surface area contributed by atoms with Crippen LogP contribution in [0.2, 0.25) is 0 Å². The highest BCUT2D eigenvalue weighted by molar-refractivity contribution is 5.70. The van der Waals surface area contributed by atoms with Crippen molar-refractivity contribution in [2.45, 2.75) is 39.8 Å². The largest absolute Gasteiger partial charge is 0.447 e. The molecule has 0 bridgehead atoms. The van der Waals surface area contributed by atoms with Gasteiger partial charge in [0.25, 0.3) is 0 Å². The lowest BCUT2D eigenvalue weighted by molar-refractivity contribution is 0.177. The van der Waals surface area contributed by atoms with Crippen LogP contribution in [0, 0.1) is 13.8 Å². The number of ether oxygens (including phenoxy) is 1. The molecule has 1 saturated heterocycles. The van der Waals surface area contributed by atoms with Crippen molar-refractivity contribution in [3.05, 3.63) is 17.0 Å². The number of carbonyl (C=O) groups excluding carboxylic acids is 1. The summed E-state index contributed by atoms with van der Waals surface area (Å²) in [5.41, 5.74) is 3.14. The van der Waals surface area contributed by atoms with E-state index in [-0.39, 0.29) is 12.1 Å². The highest BCUT2D eigenvalue weighted by Crippen LogP contribution is 2.26. The molecule has 1 N–H and O–H groups in total. The average Bonchev–Trinajstić information content (AvgIpc) is 2.71. The number of rotatable bonds is 2. The van der Waals surface area contributed by atoms with E-state index in [4.69, 9.17) is 4.74 Å². The second-order valence-corrected chi connectivity index (χ2v) is 4.42. The summed E-state index contributed by atoms with van der Waals surface area (Å²) in [6.07, 6.45) is -0.346. The summed E-state index contributed by atoms with van der Waals surface area (Å²) in [5.74, 6) is 0. The van der Waals surface area contributed by atoms with E-state index in [9.17, 15) is 4.79 Å². The molecule has 1 fully saturated rings. The van der Waals surface area contributed by atoms with Crippen LogP contribution in [0.3, 0.4) is 0 Å². The molecule has 1 aliphatic heterocycles. The molecule has 5 heteroatoms. The summed E-state index contributed by atoms with van der Waals surface area (Å²) in [4.78, 5) is 11.0. The smallest absolute Gasteiger partial charge is 0.407 e. The summed E-state index contributed by atoms with van der Waals surface area (Å²) in [5, 5.41) is 7.28. The molecule has 0 saturated carbocycles. The van der Waals surface area contributed by atoms with Crippen molar-refractivity contribution >= 4 is 6.09 Å². The van der Waals surface area contributed by atoms with E-state index in [0.29, 0.717) is 12.6 Å². The van der Waals surface area contributed by atoms with E-state index in [1.807, 2.05) is 18.5 Å². The van der Waals surface area contributed by atoms with Crippen LogP contribution in [0.5, 0.6) is 0 Å². The summed E-state index contributed by atoms with van der Waals surface area (Å²) >= 11 is 0. The van der Waals surface area contributed by atoms with E-state index < -0.39 is 0 Å². The van der Waals surface area contributed by atoms with Crippen molar-refractivity contribution in [1.82, 2.24) is 15.1 Å². The van der Waals surface area contributed by atoms with E-state index in [1.54, 1.807) is 0 Å². The molecule has 1 aliphatic rings. The number of hydrogen-bond donors (Lipinski definition) is 1. The molecule has 1 atom stereocenters. The number of amides is 1. The quantitative estimate of drug-likeness (QED) is 0.832. The van der Waals surface area contributed by atoms with Gasteiger partial charge >= 0.3 is 6.09 Å². The fourth-order valence-corrected chi connectivity index (χ4v) is 2.22. The topological polar surface area (TPSA) is 56.2 Å². The molecule has 1 amide bonds. The maximum absolute atomic E-state index is 11.0. The molecule has 0 aromatic carbocycles. The van der Waals surface area contributed by atoms with Crippen LogP contribution in [0.1, 0.15) is 42.9 Å². The van der Waals surface area contributed by atoms with Gasteiger partial charge in [0.2, 0.25) is 0 Å². The Morgan fingerprint density at radius 3 is 2.62 bits per heavy atom. The molecule has 1 aromatic rings. The number of nitrogens with zero attached hydrogens (tertiary/aromatic N) is 2. The molecular formula is C11H17N3O2. The summed E-state index contributed by atoms with van der Waals surface area (Å²) in [6.45, 7) is 8.57. The zero-order chi connectivity index (χ0) is 11.9. The minimum atomic E-state index is -0.346. The first-order valence-corrected chi connectivity index (χ1v) is 5.49. The van der Waals surface area contributed by atoms with Crippen molar-refractivity contribution in [3.8, 4) is 0 Å². The molecule has 16 heavy (non-hydrogen) atoms. The summed E-state index contributed by atoms with van der Waals surface area (Å²) < 4.78 is 6.89. The number of carbonyl (C=O) groups is 1. The van der Waals surface area contributed by atoms with Crippen molar-refractivity contribution in [2.24, 2.45) is 0 Å². The van der Waals surface area contributed by atoms with Crippen LogP contribution in [0.15, 0.2) is 0 Å². The first kappa shape index (κ1) is 11.0. The number of cyclic esters (lactones) is 1. The molecule has 88 valence electrons. The van der Waals surface area contributed by atoms with Crippen LogP contribution in [-0.4, -0.2) is 22.5 Å². The van der Waals surface area contributed by atoms with E-state index in [2.05, 4.69) is 24.3 Å². The van der Waals surface area contributed by atoms with Gasteiger partial charge in [-0.15, -0.1) is 0 Å². The lowest BCUT2D eigenvalue weighted by atomic mass is 10.1. The Kier molecular flexibility index (Phi) is 2.61. The lowest BCUT2D eigenvalue weighted by Crippen LogP contribution is -2.19. The van der Waals surface area contributed by atoms with Crippen LogP contribution in [0.25, 0.3) is 0 Å². The van der Waals surface area contributed by atoms with E-state index in [0.717, 1.165) is 17.0 Å². The van der Waals surface area contributed by atoms with Gasteiger partial charge in [-0.25, -0.2) is 4.79 Å². The Morgan fingerprint density at radius 1 is 1.50 bits per heavy atom. The van der Waals surface area contributed by atoms with E-state index in [1.165, 1.54) is 0 Å². The minimum Gasteiger partial charge on any atom is -0.447 e. The predicted molar refractivity (Wildman–Crippen MR) is 59.3 cm³/mol. The highest BCUT2D eigenvalue weighted by atomic mass is 16.6. The number of nitrogens with one attached hydrogen (secondary N) is 1. The van der Waals surface area contributed by atoms with Crippen molar-refractivity contribution < 1.29 is 9.53 Å². The molecule has 0 spiro atoms. The van der Waals surface area contributed by atoms with Gasteiger partial charge in [0.05, 0.1) is 11.7 Å². The highest BCUT2D eigenvalue weighted by Gasteiger charge is 2.29. The summed E-state index contributed by atoms with van der Waals surface area (Å²) in [6, 6.07) is 0.269. The van der Waals surface area contributed by atoms with Gasteiger partial charge in [0, 0.05) is 17.3 Å². The number of hydrogen-bond acceptors (Lipinski definition) is 3. The monoisotopic (exact) mass is 223 g/mol. The van der Waals surface area contributed by atoms with Crippen LogP contribution in [-0.2, 0) is 4.74 Å². The Labute approximate surface area is 94.8 Å². The average molecular weight is 223 g/mol. The van der Waals surface area contributed by atoms with Crippen LogP contribution >= 0.6 is 0 Å². The molecule has 0 radical (unpaired) electrons. The van der Waals surface area contributed by atoms with Gasteiger partial charge in [0.1, 0.15) is 6.61 Å². The van der Waals surface area contributed by atoms with Gasteiger partial charge < -0.3 is 10.1 Å². The Balaban J connectivity index is 2.37. The third-order valence-electron chi connectivity index (χ3n) is 2.89. The molecular weight excluding hydrogens is 206 g/mol. The Bertz CT molecular complexity index is 423. The SMILES string of the molecule is Cc1nn(C(C)C)c(C)c1C1COC(=O)N1. The van der Waals surface area contributed by atoms with Crippen molar-refractivity contribution in [3.63, 3.8) is 0 Å². The molecule has 2 rings (SSSR count). The zero-order valence-corrected chi connectivity index (χ0v) is 10.1. The van der Waals surface area contributed by atoms with Crippen LogP contribution in [0.4, 0.5) is 4.79 Å². The number of aromatic nitrogens is 2. The van der Waals surface area contributed by atoms with E-state index >= 15 is 0 Å². The van der Waals surface area contributed by atoms with Gasteiger partial charge in [-0.05, 0) is 27.7 Å². The normalized spacial score (nSPS) is 20.1. The molecule has 0 aliphatic carbocycles. The van der Waals surface area contributed by atoms with Gasteiger partial charge in [-0.1, -0.05) is 0 Å². The lowest BCUT2D eigenvalue weighted by Gasteiger charge is -2.11. The number of aryl methyl sites for hydroxylation is 1. The van der Waals surface area contributed by atoms with Gasteiger partial charge in [-0.2, -0.15) is 5.10 Å².